The summed E-state index contributed by atoms with van der Waals surface area (Å²) in [6, 6.07) is 153. The van der Waals surface area contributed by atoms with Gasteiger partial charge in [0.05, 0.1) is 49.5 Å². The Morgan fingerprint density at radius 2 is 0.412 bits per heavy atom. The van der Waals surface area contributed by atoms with Crippen LogP contribution in [-0.2, 0) is 16.2 Å². The molecule has 4 nitrogen and oxygen atoms in total. The first-order valence-electron chi connectivity index (χ1n) is 41.7. The number of fused-ring (bicyclic) bond motifs is 21. The van der Waals surface area contributed by atoms with Gasteiger partial charge in [0.25, 0.3) is 0 Å². The van der Waals surface area contributed by atoms with Gasteiger partial charge in [0, 0.05) is 76.7 Å². The number of benzene rings is 18. The van der Waals surface area contributed by atoms with Gasteiger partial charge in [-0.3, -0.25) is 0 Å². The van der Waals surface area contributed by atoms with Crippen LogP contribution in [0.5, 0.6) is 0 Å². The highest BCUT2D eigenvalue weighted by molar-refractivity contribution is 6.15. The molecule has 25 rings (SSSR count). The molecule has 3 aliphatic carbocycles. The summed E-state index contributed by atoms with van der Waals surface area (Å²) >= 11 is 0. The lowest BCUT2D eigenvalue weighted by atomic mass is 9.67. The van der Waals surface area contributed by atoms with E-state index in [1.54, 1.807) is 0 Å². The Kier molecular flexibility index (Phi) is 15.0. The Labute approximate surface area is 691 Å². The predicted molar refractivity (Wildman–Crippen MR) is 499 cm³/mol. The van der Waals surface area contributed by atoms with E-state index in [1.165, 1.54) is 210 Å². The molecule has 119 heavy (non-hydrogen) atoms. The normalized spacial score (nSPS) is 13.7. The molecule has 0 saturated heterocycles. The first-order chi connectivity index (χ1) is 58.5. The molecule has 560 valence electrons. The standard InChI is InChI=1S/C61H40N2.C54H40N2/c1-4-16-41(17-5-1)42-28-32-47(33-29-42)62-57-26-14-11-23-51(57)53-38-43(30-36-59(53)62)44-31-37-60-54(39-44)52-24-12-15-27-58(52)63(60)48-34-35-50-49-22-10-13-25-55(49)61(56(50)40-48,45-18-6-2-7-19-45)46-20-8-3-9-21-46;1-53(2)45-17-9-5-13-37(45)39-25-23-35(31-47(39)53)55-49-19-11-7-15-41(49)43-29-33(21-27-51(43)55)34-22-28-52-44(30-34)42-16-8-12-20-50(42)56(52)36-24-26-40-38-14-6-10-18-46(38)54(3,4)48(40)32-36/h1-40H;5-32H,1-4H3. The van der Waals surface area contributed by atoms with E-state index in [0.29, 0.717) is 0 Å². The van der Waals surface area contributed by atoms with Crippen LogP contribution in [0, 0.1) is 0 Å². The number of hydrogen-bond acceptors (Lipinski definition) is 0. The smallest absolute Gasteiger partial charge is 0.0714 e. The van der Waals surface area contributed by atoms with Crippen LogP contribution in [0.25, 0.3) is 177 Å². The van der Waals surface area contributed by atoms with Crippen molar-refractivity contribution in [3.05, 3.63) is 457 Å². The van der Waals surface area contributed by atoms with Crippen molar-refractivity contribution in [2.75, 3.05) is 0 Å². The molecule has 0 unspecified atom stereocenters. The van der Waals surface area contributed by atoms with E-state index in [0.717, 1.165) is 11.4 Å². The highest BCUT2D eigenvalue weighted by atomic mass is 15.0. The van der Waals surface area contributed by atoms with Gasteiger partial charge in [0.2, 0.25) is 0 Å². The van der Waals surface area contributed by atoms with Crippen molar-refractivity contribution < 1.29 is 0 Å². The van der Waals surface area contributed by atoms with Crippen molar-refractivity contribution in [2.45, 2.75) is 43.9 Å². The summed E-state index contributed by atoms with van der Waals surface area (Å²) in [5.74, 6) is 0. The maximum absolute atomic E-state index is 2.47. The first-order valence-corrected chi connectivity index (χ1v) is 41.7. The molecule has 4 heterocycles. The molecule has 22 aromatic rings. The number of hydrogen-bond donors (Lipinski definition) is 0. The number of nitrogens with zero attached hydrogens (tertiary/aromatic N) is 4. The monoisotopic (exact) mass is 1520 g/mol. The van der Waals surface area contributed by atoms with Gasteiger partial charge in [-0.05, 0) is 233 Å². The van der Waals surface area contributed by atoms with Crippen LogP contribution < -0.4 is 0 Å². The molecule has 18 aromatic carbocycles. The highest BCUT2D eigenvalue weighted by Gasteiger charge is 2.47. The van der Waals surface area contributed by atoms with Crippen LogP contribution in [0.2, 0.25) is 0 Å². The van der Waals surface area contributed by atoms with Crippen LogP contribution in [0.4, 0.5) is 0 Å². The minimum absolute atomic E-state index is 0.0569. The van der Waals surface area contributed by atoms with Gasteiger partial charge < -0.3 is 18.3 Å². The third-order valence-electron chi connectivity index (χ3n) is 26.9. The summed E-state index contributed by atoms with van der Waals surface area (Å²) in [6.07, 6.45) is 0. The molecule has 0 N–H and O–H groups in total. The summed E-state index contributed by atoms with van der Waals surface area (Å²) in [4.78, 5) is 0. The van der Waals surface area contributed by atoms with Gasteiger partial charge in [-0.15, -0.1) is 0 Å². The summed E-state index contributed by atoms with van der Waals surface area (Å²) in [7, 11) is 0. The summed E-state index contributed by atoms with van der Waals surface area (Å²) in [5, 5.41) is 10.1. The van der Waals surface area contributed by atoms with E-state index in [-0.39, 0.29) is 10.8 Å². The fraction of sp³-hybridized carbons (Fsp3) is 0.0609. The lowest BCUT2D eigenvalue weighted by Gasteiger charge is -2.34. The largest absolute Gasteiger partial charge is 0.309 e. The fourth-order valence-electron chi connectivity index (χ4n) is 21.4. The van der Waals surface area contributed by atoms with Crippen molar-refractivity contribution >= 4 is 87.2 Å². The Balaban J connectivity index is 0.000000136. The molecule has 4 aromatic heterocycles. The number of rotatable bonds is 9. The molecular weight excluding hydrogens is 1440 g/mol. The number of aromatic nitrogens is 4. The molecule has 0 bridgehead atoms. The number of para-hydroxylation sites is 4. The van der Waals surface area contributed by atoms with Crippen LogP contribution in [-0.4, -0.2) is 18.3 Å². The average Bonchev–Trinajstić information content (AvgIpc) is 1.53. The van der Waals surface area contributed by atoms with Crippen molar-refractivity contribution in [1.82, 2.24) is 18.3 Å². The predicted octanol–water partition coefficient (Wildman–Crippen LogP) is 29.7. The Hall–Kier alpha value is -14.8. The van der Waals surface area contributed by atoms with E-state index >= 15 is 0 Å². The maximum atomic E-state index is 2.47. The molecule has 3 aliphatic rings. The molecule has 0 aliphatic heterocycles. The van der Waals surface area contributed by atoms with Gasteiger partial charge >= 0.3 is 0 Å². The van der Waals surface area contributed by atoms with E-state index in [4.69, 9.17) is 0 Å². The minimum Gasteiger partial charge on any atom is -0.309 e. The third kappa shape index (κ3) is 10.1. The Bertz CT molecular complexity index is 7690. The van der Waals surface area contributed by atoms with E-state index in [2.05, 4.69) is 458 Å². The van der Waals surface area contributed by atoms with Crippen LogP contribution in [0.1, 0.15) is 72.2 Å². The van der Waals surface area contributed by atoms with Gasteiger partial charge in [-0.2, -0.15) is 0 Å². The molecule has 0 radical (unpaired) electrons. The lowest BCUT2D eigenvalue weighted by molar-refractivity contribution is 0.660. The minimum atomic E-state index is -0.468. The van der Waals surface area contributed by atoms with Gasteiger partial charge in [0.1, 0.15) is 0 Å². The van der Waals surface area contributed by atoms with Gasteiger partial charge in [-0.1, -0.05) is 319 Å². The summed E-state index contributed by atoms with van der Waals surface area (Å²) < 4.78 is 9.79. The molecule has 0 fully saturated rings. The summed E-state index contributed by atoms with van der Waals surface area (Å²) in [6.45, 7) is 9.44. The fourth-order valence-corrected chi connectivity index (χ4v) is 21.4. The molecule has 0 atom stereocenters. The van der Waals surface area contributed by atoms with E-state index in [9.17, 15) is 0 Å². The van der Waals surface area contributed by atoms with Crippen molar-refractivity contribution in [3.8, 4) is 89.5 Å². The quantitative estimate of drug-likeness (QED) is 0.137. The Morgan fingerprint density at radius 3 is 0.790 bits per heavy atom. The molecule has 0 saturated carbocycles. The van der Waals surface area contributed by atoms with Crippen molar-refractivity contribution in [1.29, 1.82) is 0 Å². The van der Waals surface area contributed by atoms with Crippen LogP contribution in [0.3, 0.4) is 0 Å². The SMILES string of the molecule is CC1(C)c2ccccc2-c2ccc(-n3c4ccccc4c4cc(-c5ccc6c(c5)c5ccccc5n6-c5ccc6c(c5)C(C)(C)c5ccccc5-6)ccc43)cc21.c1ccc(-c2ccc(-n3c4ccccc4c4cc(-c5ccc6c(c5)c5ccccc5n6-c5ccc6c(c5)C(c5ccccc5)(c5ccccc5)c5ccccc5-6)ccc43)cc2)cc1. The topological polar surface area (TPSA) is 19.7 Å². The van der Waals surface area contributed by atoms with E-state index < -0.39 is 5.41 Å². The van der Waals surface area contributed by atoms with Crippen molar-refractivity contribution in [3.63, 3.8) is 0 Å². The van der Waals surface area contributed by atoms with Gasteiger partial charge in [-0.25, -0.2) is 0 Å². The molecule has 0 amide bonds. The third-order valence-corrected chi connectivity index (χ3v) is 26.9. The Morgan fingerprint density at radius 1 is 0.160 bits per heavy atom. The second-order valence-electron chi connectivity index (χ2n) is 33.8. The van der Waals surface area contributed by atoms with E-state index in [1.807, 2.05) is 0 Å². The van der Waals surface area contributed by atoms with Crippen LogP contribution >= 0.6 is 0 Å². The molecule has 4 heteroatoms. The zero-order chi connectivity index (χ0) is 79.0. The second-order valence-corrected chi connectivity index (χ2v) is 33.8. The maximum Gasteiger partial charge on any atom is 0.0714 e. The first kappa shape index (κ1) is 68.6. The zero-order valence-corrected chi connectivity index (χ0v) is 66.5. The molecular formula is C115H80N4. The molecule has 0 spiro atoms. The van der Waals surface area contributed by atoms with Crippen molar-refractivity contribution in [2.24, 2.45) is 0 Å². The summed E-state index contributed by atoms with van der Waals surface area (Å²) in [5.41, 5.74) is 39.9. The lowest BCUT2D eigenvalue weighted by Crippen LogP contribution is -2.28. The average molecular weight is 1520 g/mol. The van der Waals surface area contributed by atoms with Gasteiger partial charge in [0.15, 0.2) is 0 Å². The second kappa shape index (κ2) is 26.1. The van der Waals surface area contributed by atoms with Crippen LogP contribution in [0.15, 0.2) is 413 Å². The zero-order valence-electron chi connectivity index (χ0n) is 66.5. The highest BCUT2D eigenvalue weighted by Crippen LogP contribution is 2.58.